The van der Waals surface area contributed by atoms with Gasteiger partial charge in [0, 0.05) is 44.4 Å². The van der Waals surface area contributed by atoms with Crippen molar-refractivity contribution in [3.8, 4) is 0 Å². The van der Waals surface area contributed by atoms with E-state index in [-0.39, 0.29) is 29.8 Å². The number of imidazole rings is 1. The van der Waals surface area contributed by atoms with Gasteiger partial charge in [0.15, 0.2) is 0 Å². The minimum atomic E-state index is -0.348. The maximum atomic E-state index is 12.7. The zero-order valence-electron chi connectivity index (χ0n) is 13.3. The summed E-state index contributed by atoms with van der Waals surface area (Å²) in [4.78, 5) is 30.7. The summed E-state index contributed by atoms with van der Waals surface area (Å²) in [6.07, 6.45) is 6.97. The van der Waals surface area contributed by atoms with Crippen molar-refractivity contribution in [2.45, 2.75) is 58.2 Å². The topological polar surface area (TPSA) is 67.2 Å². The molecule has 1 saturated heterocycles. The fourth-order valence-electron chi connectivity index (χ4n) is 3.54. The van der Waals surface area contributed by atoms with Gasteiger partial charge in [-0.25, -0.2) is 4.98 Å². The maximum Gasteiger partial charge on any atom is 0.243 e. The maximum absolute atomic E-state index is 12.7. The van der Waals surface area contributed by atoms with Crippen LogP contribution in [0.5, 0.6) is 0 Å². The van der Waals surface area contributed by atoms with Crippen LogP contribution >= 0.6 is 0 Å². The van der Waals surface area contributed by atoms with Crippen molar-refractivity contribution in [1.82, 2.24) is 19.8 Å². The second-order valence-electron chi connectivity index (χ2n) is 6.62. The molecule has 1 aromatic heterocycles. The van der Waals surface area contributed by atoms with Crippen LogP contribution in [0, 0.1) is 5.92 Å². The lowest BCUT2D eigenvalue weighted by atomic mass is 10.00. The molecule has 3 rings (SSSR count). The second-order valence-corrected chi connectivity index (χ2v) is 6.62. The molecule has 0 aromatic carbocycles. The van der Waals surface area contributed by atoms with Crippen LogP contribution in [-0.4, -0.2) is 44.9 Å². The van der Waals surface area contributed by atoms with Gasteiger partial charge in [-0.2, -0.15) is 0 Å². The Balaban J connectivity index is 1.66. The average Bonchev–Trinajstić information content (AvgIpc) is 3.08. The largest absolute Gasteiger partial charge is 0.350 e. The molecule has 2 aliphatic heterocycles. The smallest absolute Gasteiger partial charge is 0.243 e. The van der Waals surface area contributed by atoms with E-state index in [1.54, 1.807) is 11.1 Å². The van der Waals surface area contributed by atoms with E-state index in [9.17, 15) is 9.59 Å². The highest BCUT2D eigenvalue weighted by Gasteiger charge is 2.36. The fourth-order valence-corrected chi connectivity index (χ4v) is 3.54. The third kappa shape index (κ3) is 2.87. The van der Waals surface area contributed by atoms with Crippen molar-refractivity contribution in [2.75, 3.05) is 6.54 Å². The lowest BCUT2D eigenvalue weighted by Gasteiger charge is -2.32. The van der Waals surface area contributed by atoms with E-state index in [2.05, 4.69) is 14.9 Å². The number of amides is 2. The first kappa shape index (κ1) is 15.1. The van der Waals surface area contributed by atoms with Crippen LogP contribution in [0.1, 0.15) is 38.9 Å². The van der Waals surface area contributed by atoms with Gasteiger partial charge in [-0.1, -0.05) is 13.8 Å². The van der Waals surface area contributed by atoms with Crippen LogP contribution < -0.4 is 5.32 Å². The molecule has 22 heavy (non-hydrogen) atoms. The van der Waals surface area contributed by atoms with Crippen molar-refractivity contribution >= 4 is 11.8 Å². The van der Waals surface area contributed by atoms with Gasteiger partial charge in [-0.3, -0.25) is 9.59 Å². The van der Waals surface area contributed by atoms with E-state index in [0.717, 1.165) is 31.6 Å². The van der Waals surface area contributed by atoms with E-state index >= 15 is 0 Å². The van der Waals surface area contributed by atoms with Gasteiger partial charge in [0.05, 0.1) is 0 Å². The van der Waals surface area contributed by atoms with Gasteiger partial charge < -0.3 is 14.8 Å². The summed E-state index contributed by atoms with van der Waals surface area (Å²) in [5.74, 6) is 1.29. The molecule has 6 heteroatoms. The molecule has 0 aliphatic carbocycles. The van der Waals surface area contributed by atoms with E-state index in [0.29, 0.717) is 13.0 Å². The Morgan fingerprint density at radius 1 is 1.41 bits per heavy atom. The molecule has 2 aliphatic rings. The summed E-state index contributed by atoms with van der Waals surface area (Å²) < 4.78 is 2.10. The highest BCUT2D eigenvalue weighted by molar-refractivity contribution is 5.89. The number of carbonyl (C=O) groups excluding carboxylic acids is 2. The van der Waals surface area contributed by atoms with Crippen LogP contribution in [0.15, 0.2) is 12.4 Å². The molecule has 120 valence electrons. The van der Waals surface area contributed by atoms with Gasteiger partial charge in [-0.05, 0) is 18.8 Å². The Labute approximate surface area is 130 Å². The number of carbonyl (C=O) groups is 2. The number of nitrogens with one attached hydrogen (secondary N) is 1. The summed E-state index contributed by atoms with van der Waals surface area (Å²) >= 11 is 0. The van der Waals surface area contributed by atoms with E-state index in [1.165, 1.54) is 0 Å². The van der Waals surface area contributed by atoms with Gasteiger partial charge in [0.1, 0.15) is 11.9 Å². The summed E-state index contributed by atoms with van der Waals surface area (Å²) in [7, 11) is 0. The number of hydrogen-bond acceptors (Lipinski definition) is 3. The fraction of sp³-hybridized carbons (Fsp3) is 0.688. The van der Waals surface area contributed by atoms with Gasteiger partial charge in [0.2, 0.25) is 11.8 Å². The first-order valence-corrected chi connectivity index (χ1v) is 8.16. The van der Waals surface area contributed by atoms with Crippen LogP contribution in [0.3, 0.4) is 0 Å². The molecule has 0 saturated carbocycles. The number of fused-ring (bicyclic) bond motifs is 1. The number of likely N-dealkylation sites (tertiary alicyclic amines) is 1. The van der Waals surface area contributed by atoms with Crippen LogP contribution in [-0.2, 0) is 22.6 Å². The Hall–Kier alpha value is -1.85. The summed E-state index contributed by atoms with van der Waals surface area (Å²) in [5.41, 5.74) is 0. The van der Waals surface area contributed by atoms with Crippen molar-refractivity contribution in [2.24, 2.45) is 5.92 Å². The average molecular weight is 304 g/mol. The normalized spacial score (nSPS) is 22.8. The second kappa shape index (κ2) is 6.10. The third-order valence-electron chi connectivity index (χ3n) is 4.63. The molecule has 0 spiro atoms. The Morgan fingerprint density at radius 2 is 2.23 bits per heavy atom. The molecule has 2 atom stereocenters. The minimum Gasteiger partial charge on any atom is -0.350 e. The van der Waals surface area contributed by atoms with Gasteiger partial charge in [-0.15, -0.1) is 0 Å². The quantitative estimate of drug-likeness (QED) is 0.901. The number of aryl methyl sites for hydroxylation is 1. The van der Waals surface area contributed by atoms with Crippen molar-refractivity contribution < 1.29 is 9.59 Å². The monoisotopic (exact) mass is 304 g/mol. The first-order valence-electron chi connectivity index (χ1n) is 8.16. The van der Waals surface area contributed by atoms with Crippen LogP contribution in [0.25, 0.3) is 0 Å². The Kier molecular flexibility index (Phi) is 4.18. The molecule has 0 bridgehead atoms. The standard InChI is InChI=1S/C16H24N4O2/c1-11(2)15(20-8-3-4-14(20)21)16(22)18-12-5-6-13-17-7-9-19(13)10-12/h7,9,11-12,15H,3-6,8,10H2,1-2H3,(H,18,22)/t12-,15-/m1/s1. The number of nitrogens with zero attached hydrogens (tertiary/aromatic N) is 3. The molecule has 1 fully saturated rings. The van der Waals surface area contributed by atoms with Crippen LogP contribution in [0.2, 0.25) is 0 Å². The predicted octanol–water partition coefficient (Wildman–Crippen LogP) is 0.961. The zero-order valence-corrected chi connectivity index (χ0v) is 13.3. The number of hydrogen-bond donors (Lipinski definition) is 1. The van der Waals surface area contributed by atoms with Gasteiger partial charge in [0.25, 0.3) is 0 Å². The molecule has 1 aromatic rings. The van der Waals surface area contributed by atoms with Crippen molar-refractivity contribution in [1.29, 1.82) is 0 Å². The number of rotatable bonds is 4. The highest BCUT2D eigenvalue weighted by atomic mass is 16.2. The Bertz CT molecular complexity index is 566. The predicted molar refractivity (Wildman–Crippen MR) is 82.1 cm³/mol. The SMILES string of the molecule is CC(C)[C@H](C(=O)N[C@@H]1CCc2nccn2C1)N1CCCC1=O. The molecule has 6 nitrogen and oxygen atoms in total. The Morgan fingerprint density at radius 3 is 2.91 bits per heavy atom. The number of aromatic nitrogens is 2. The first-order chi connectivity index (χ1) is 10.6. The molecule has 0 radical (unpaired) electrons. The molecular formula is C16H24N4O2. The molecule has 0 unspecified atom stereocenters. The van der Waals surface area contributed by atoms with Gasteiger partial charge >= 0.3 is 0 Å². The van der Waals surface area contributed by atoms with Crippen LogP contribution in [0.4, 0.5) is 0 Å². The lowest BCUT2D eigenvalue weighted by molar-refractivity contribution is -0.139. The van der Waals surface area contributed by atoms with Crippen molar-refractivity contribution in [3.63, 3.8) is 0 Å². The highest BCUT2D eigenvalue weighted by Crippen LogP contribution is 2.20. The summed E-state index contributed by atoms with van der Waals surface area (Å²) in [6, 6.07) is -0.229. The summed E-state index contributed by atoms with van der Waals surface area (Å²) in [6.45, 7) is 5.47. The molecule has 2 amide bonds. The van der Waals surface area contributed by atoms with Crippen molar-refractivity contribution in [3.05, 3.63) is 18.2 Å². The van der Waals surface area contributed by atoms with E-state index in [1.807, 2.05) is 20.0 Å². The molecular weight excluding hydrogens is 280 g/mol. The zero-order chi connectivity index (χ0) is 15.7. The summed E-state index contributed by atoms with van der Waals surface area (Å²) in [5, 5.41) is 3.15. The van der Waals surface area contributed by atoms with E-state index in [4.69, 9.17) is 0 Å². The lowest BCUT2D eigenvalue weighted by Crippen LogP contribution is -2.53. The third-order valence-corrected chi connectivity index (χ3v) is 4.63. The molecule has 1 N–H and O–H groups in total. The molecule has 3 heterocycles. The minimum absolute atomic E-state index is 0.0150. The van der Waals surface area contributed by atoms with E-state index < -0.39 is 0 Å².